The van der Waals surface area contributed by atoms with E-state index in [-0.39, 0.29) is 5.69 Å². The molecule has 0 unspecified atom stereocenters. The Morgan fingerprint density at radius 1 is 1.32 bits per heavy atom. The average Bonchev–Trinajstić information content (AvgIpc) is 2.85. The maximum absolute atomic E-state index is 12.8. The first-order valence-corrected chi connectivity index (χ1v) is 5.25. The lowest BCUT2D eigenvalue weighted by molar-refractivity contribution is -0.137. The third kappa shape index (κ3) is 2.50. The summed E-state index contributed by atoms with van der Waals surface area (Å²) in [6.45, 7) is 3.52. The number of halogens is 3. The molecule has 1 aromatic heterocycles. The second kappa shape index (κ2) is 4.61. The summed E-state index contributed by atoms with van der Waals surface area (Å²) in [5.74, 6) is 0. The summed E-state index contributed by atoms with van der Waals surface area (Å²) in [6, 6.07) is 6.60. The monoisotopic (exact) mass is 263 g/mol. The van der Waals surface area contributed by atoms with E-state index in [0.29, 0.717) is 5.69 Å². The van der Waals surface area contributed by atoms with E-state index in [1.807, 2.05) is 0 Å². The smallest absolute Gasteiger partial charge is 0.240 e. The van der Waals surface area contributed by atoms with Gasteiger partial charge in [0.1, 0.15) is 0 Å². The quantitative estimate of drug-likeness (QED) is 0.833. The molecule has 0 fully saturated rings. The molecule has 2 aromatic rings. The van der Waals surface area contributed by atoms with Gasteiger partial charge < -0.3 is 0 Å². The Morgan fingerprint density at radius 2 is 2.05 bits per heavy atom. The van der Waals surface area contributed by atoms with Crippen LogP contribution < -0.4 is 0 Å². The Morgan fingerprint density at radius 3 is 2.58 bits per heavy atom. The molecule has 0 aliphatic heterocycles. The summed E-state index contributed by atoms with van der Waals surface area (Å²) in [4.78, 5) is 0. The lowest BCUT2D eigenvalue weighted by Gasteiger charge is -2.10. The number of alkyl halides is 3. The number of hydrogen-bond donors (Lipinski definition) is 0. The van der Waals surface area contributed by atoms with Crippen molar-refractivity contribution in [3.05, 3.63) is 53.9 Å². The van der Waals surface area contributed by atoms with Gasteiger partial charge in [-0.25, -0.2) is 4.68 Å². The minimum Gasteiger partial charge on any atom is -0.240 e. The van der Waals surface area contributed by atoms with Gasteiger partial charge in [0.15, 0.2) is 0 Å². The first kappa shape index (κ1) is 12.9. The normalized spacial score (nSPS) is 11.1. The van der Waals surface area contributed by atoms with Crippen molar-refractivity contribution >= 4 is 6.08 Å². The van der Waals surface area contributed by atoms with E-state index in [1.165, 1.54) is 29.1 Å². The molecule has 0 spiro atoms. The lowest BCUT2D eigenvalue weighted by Crippen LogP contribution is -2.09. The average molecular weight is 263 g/mol. The van der Waals surface area contributed by atoms with Gasteiger partial charge in [-0.15, -0.1) is 0 Å². The van der Waals surface area contributed by atoms with Crippen LogP contribution in [0.4, 0.5) is 13.2 Å². The maximum Gasteiger partial charge on any atom is 0.417 e. The van der Waals surface area contributed by atoms with Crippen LogP contribution in [0.1, 0.15) is 16.8 Å². The van der Waals surface area contributed by atoms with Crippen LogP contribution in [0.2, 0.25) is 0 Å². The fourth-order valence-corrected chi connectivity index (χ4v) is 1.60. The van der Waals surface area contributed by atoms with Crippen molar-refractivity contribution in [2.24, 2.45) is 0 Å². The van der Waals surface area contributed by atoms with Gasteiger partial charge in [-0.05, 0) is 30.3 Å². The fourth-order valence-electron chi connectivity index (χ4n) is 1.60. The molecule has 19 heavy (non-hydrogen) atoms. The molecule has 0 bridgehead atoms. The minimum absolute atomic E-state index is 0.236. The van der Waals surface area contributed by atoms with E-state index < -0.39 is 17.3 Å². The Kier molecular flexibility index (Phi) is 3.13. The zero-order valence-electron chi connectivity index (χ0n) is 9.65. The van der Waals surface area contributed by atoms with E-state index in [9.17, 15) is 13.2 Å². The summed E-state index contributed by atoms with van der Waals surface area (Å²) >= 11 is 0. The number of aromatic nitrogens is 2. The number of rotatable bonds is 2. The highest BCUT2D eigenvalue weighted by atomic mass is 19.4. The zero-order chi connectivity index (χ0) is 14.0. The van der Waals surface area contributed by atoms with Gasteiger partial charge in [0.25, 0.3) is 0 Å². The van der Waals surface area contributed by atoms with Crippen LogP contribution in [0.25, 0.3) is 11.8 Å². The summed E-state index contributed by atoms with van der Waals surface area (Å²) in [5.41, 5.74) is -0.590. The molecule has 96 valence electrons. The largest absolute Gasteiger partial charge is 0.417 e. The summed E-state index contributed by atoms with van der Waals surface area (Å²) < 4.78 is 39.7. The molecule has 0 radical (unpaired) electrons. The number of nitrogens with zero attached hydrogens (tertiary/aromatic N) is 3. The number of benzene rings is 1. The highest BCUT2D eigenvalue weighted by Gasteiger charge is 2.34. The molecule has 0 amide bonds. The van der Waals surface area contributed by atoms with Gasteiger partial charge in [0.2, 0.25) is 0 Å². The second-order valence-corrected chi connectivity index (χ2v) is 3.73. The summed E-state index contributed by atoms with van der Waals surface area (Å²) in [5, 5.41) is 12.7. The third-order valence-electron chi connectivity index (χ3n) is 2.51. The molecule has 0 saturated carbocycles. The van der Waals surface area contributed by atoms with Crippen LogP contribution in [0, 0.1) is 11.3 Å². The van der Waals surface area contributed by atoms with Crippen molar-refractivity contribution in [3.8, 4) is 11.8 Å². The van der Waals surface area contributed by atoms with Crippen molar-refractivity contribution in [2.75, 3.05) is 0 Å². The topological polar surface area (TPSA) is 41.6 Å². The predicted octanol–water partition coefficient (Wildman–Crippen LogP) is 3.41. The van der Waals surface area contributed by atoms with Crippen molar-refractivity contribution in [3.63, 3.8) is 0 Å². The van der Waals surface area contributed by atoms with Crippen LogP contribution in [0.5, 0.6) is 0 Å². The molecule has 2 rings (SSSR count). The molecule has 0 aliphatic carbocycles. The van der Waals surface area contributed by atoms with Gasteiger partial charge >= 0.3 is 6.18 Å². The second-order valence-electron chi connectivity index (χ2n) is 3.73. The first-order valence-electron chi connectivity index (χ1n) is 5.25. The van der Waals surface area contributed by atoms with E-state index in [2.05, 4.69) is 11.7 Å². The highest BCUT2D eigenvalue weighted by molar-refractivity contribution is 5.48. The summed E-state index contributed by atoms with van der Waals surface area (Å²) in [7, 11) is 0. The maximum atomic E-state index is 12.8. The molecule has 6 heteroatoms. The molecule has 0 atom stereocenters. The number of hydrogen-bond acceptors (Lipinski definition) is 2. The van der Waals surface area contributed by atoms with Gasteiger partial charge in [-0.1, -0.05) is 6.58 Å². The first-order chi connectivity index (χ1) is 8.95. The standard InChI is InChI=1S/C13H8F3N3/c1-2-10-5-6-19(18-10)11-4-3-9(8-17)12(7-11)13(14,15)16/h2-7H,1H2. The molecule has 0 N–H and O–H groups in total. The molecule has 1 heterocycles. The van der Waals surface area contributed by atoms with Crippen LogP contribution in [-0.2, 0) is 6.18 Å². The molecular weight excluding hydrogens is 255 g/mol. The fraction of sp³-hybridized carbons (Fsp3) is 0.0769. The van der Waals surface area contributed by atoms with E-state index in [0.717, 1.165) is 12.1 Å². The Labute approximate surface area is 107 Å². The highest BCUT2D eigenvalue weighted by Crippen LogP contribution is 2.33. The van der Waals surface area contributed by atoms with Crippen LogP contribution in [-0.4, -0.2) is 9.78 Å². The molecule has 0 saturated heterocycles. The van der Waals surface area contributed by atoms with E-state index >= 15 is 0 Å². The van der Waals surface area contributed by atoms with Gasteiger partial charge in [-0.2, -0.15) is 23.5 Å². The van der Waals surface area contributed by atoms with Crippen molar-refractivity contribution in [1.82, 2.24) is 9.78 Å². The SMILES string of the molecule is C=Cc1ccn(-c2ccc(C#N)c(C(F)(F)F)c2)n1. The van der Waals surface area contributed by atoms with Crippen LogP contribution in [0.15, 0.2) is 37.0 Å². The van der Waals surface area contributed by atoms with Crippen molar-refractivity contribution in [2.45, 2.75) is 6.18 Å². The van der Waals surface area contributed by atoms with E-state index in [1.54, 1.807) is 6.07 Å². The van der Waals surface area contributed by atoms with Crippen molar-refractivity contribution in [1.29, 1.82) is 5.26 Å². The predicted molar refractivity (Wildman–Crippen MR) is 63.4 cm³/mol. The lowest BCUT2D eigenvalue weighted by atomic mass is 10.1. The van der Waals surface area contributed by atoms with Gasteiger partial charge in [-0.3, -0.25) is 0 Å². The van der Waals surface area contributed by atoms with E-state index in [4.69, 9.17) is 5.26 Å². The molecule has 3 nitrogen and oxygen atoms in total. The van der Waals surface area contributed by atoms with Crippen LogP contribution in [0.3, 0.4) is 0 Å². The van der Waals surface area contributed by atoms with Crippen LogP contribution >= 0.6 is 0 Å². The Balaban J connectivity index is 2.55. The Hall–Kier alpha value is -2.55. The minimum atomic E-state index is -4.57. The molecular formula is C13H8F3N3. The summed E-state index contributed by atoms with van der Waals surface area (Å²) in [6.07, 6.45) is -1.56. The molecule has 0 aliphatic rings. The Bertz CT molecular complexity index is 663. The number of nitriles is 1. The molecule has 1 aromatic carbocycles. The third-order valence-corrected chi connectivity index (χ3v) is 2.51. The van der Waals surface area contributed by atoms with Gasteiger partial charge in [0.05, 0.1) is 28.6 Å². The van der Waals surface area contributed by atoms with Gasteiger partial charge in [0, 0.05) is 6.20 Å². The zero-order valence-corrected chi connectivity index (χ0v) is 9.65. The van der Waals surface area contributed by atoms with Crippen molar-refractivity contribution < 1.29 is 13.2 Å².